The molecule has 33 heavy (non-hydrogen) atoms. The number of rotatable bonds is 10. The molecule has 0 saturated carbocycles. The van der Waals surface area contributed by atoms with Gasteiger partial charge in [0.1, 0.15) is 0 Å². The maximum atomic E-state index is 13.1. The summed E-state index contributed by atoms with van der Waals surface area (Å²) in [7, 11) is -0.0874. The largest absolute Gasteiger partial charge is 0.481 e. The second kappa shape index (κ2) is 9.91. The van der Waals surface area contributed by atoms with Crippen molar-refractivity contribution in [2.45, 2.75) is 24.2 Å². The average molecular weight is 471 g/mol. The maximum absolute atomic E-state index is 13.1. The smallest absolute Gasteiger partial charge is 0.306 e. The Balaban J connectivity index is 1.82. The van der Waals surface area contributed by atoms with E-state index in [1.165, 1.54) is 0 Å². The van der Waals surface area contributed by atoms with Crippen molar-refractivity contribution in [2.75, 3.05) is 23.7 Å². The molecule has 174 valence electrons. The predicted octanol–water partition coefficient (Wildman–Crippen LogP) is 3.81. The molecule has 3 aromatic rings. The third kappa shape index (κ3) is 5.81. The van der Waals surface area contributed by atoms with Crippen molar-refractivity contribution < 1.29 is 28.2 Å². The second-order valence-corrected chi connectivity index (χ2v) is 9.65. The first-order valence-electron chi connectivity index (χ1n) is 10.3. The fraction of sp³-hybridized carbons (Fsp3) is 0.250. The van der Waals surface area contributed by atoms with Crippen molar-refractivity contribution in [3.8, 4) is 0 Å². The van der Waals surface area contributed by atoms with Crippen molar-refractivity contribution >= 4 is 44.1 Å². The minimum absolute atomic E-state index is 0.0229. The highest BCUT2D eigenvalue weighted by Gasteiger charge is 2.21. The molecule has 0 aromatic heterocycles. The average Bonchev–Trinajstić information content (AvgIpc) is 2.76. The zero-order chi connectivity index (χ0) is 24.2. The van der Waals surface area contributed by atoms with Gasteiger partial charge in [0.15, 0.2) is 0 Å². The summed E-state index contributed by atoms with van der Waals surface area (Å²) in [4.78, 5) is 24.2. The zero-order valence-electron chi connectivity index (χ0n) is 18.4. The molecule has 3 aromatic carbocycles. The summed E-state index contributed by atoms with van der Waals surface area (Å²) in [6.07, 6.45) is -0.0449. The molecule has 0 bridgehead atoms. The molecule has 0 radical (unpaired) electrons. The lowest BCUT2D eigenvalue weighted by atomic mass is 9.95. The number of carboxylic acids is 2. The lowest BCUT2D eigenvalue weighted by Gasteiger charge is -2.17. The number of hydrogen-bond acceptors (Lipinski definition) is 5. The topological polar surface area (TPSA) is 124 Å². The molecule has 0 aliphatic rings. The van der Waals surface area contributed by atoms with E-state index in [-0.39, 0.29) is 24.2 Å². The van der Waals surface area contributed by atoms with E-state index in [1.807, 2.05) is 37.2 Å². The van der Waals surface area contributed by atoms with Crippen molar-refractivity contribution in [1.82, 2.24) is 0 Å². The second-order valence-electron chi connectivity index (χ2n) is 8.00. The monoisotopic (exact) mass is 470 g/mol. The van der Waals surface area contributed by atoms with Gasteiger partial charge >= 0.3 is 11.9 Å². The van der Waals surface area contributed by atoms with E-state index < -0.39 is 27.9 Å². The van der Waals surface area contributed by atoms with Crippen LogP contribution in [0.25, 0.3) is 10.8 Å². The number of fused-ring (bicyclic) bond motifs is 1. The molecule has 9 heteroatoms. The summed E-state index contributed by atoms with van der Waals surface area (Å²) in [6.45, 7) is 0. The number of sulfonamides is 1. The molecule has 0 saturated heterocycles. The summed E-state index contributed by atoms with van der Waals surface area (Å²) < 4.78 is 28.9. The number of carbonyl (C=O) groups is 2. The Morgan fingerprint density at radius 3 is 2.18 bits per heavy atom. The number of hydrogen-bond donors (Lipinski definition) is 3. The van der Waals surface area contributed by atoms with Gasteiger partial charge in [0.2, 0.25) is 0 Å². The Morgan fingerprint density at radius 2 is 1.58 bits per heavy atom. The first-order valence-corrected chi connectivity index (χ1v) is 11.8. The first kappa shape index (κ1) is 24.1. The highest BCUT2D eigenvalue weighted by atomic mass is 32.2. The van der Waals surface area contributed by atoms with Crippen LogP contribution in [-0.4, -0.2) is 44.7 Å². The van der Waals surface area contributed by atoms with Gasteiger partial charge in [-0.2, -0.15) is 0 Å². The number of anilines is 2. The molecule has 3 N–H and O–H groups in total. The number of aliphatic carboxylic acids is 2. The zero-order valence-corrected chi connectivity index (χ0v) is 19.2. The Bertz CT molecular complexity index is 1270. The van der Waals surface area contributed by atoms with Crippen LogP contribution in [0.1, 0.15) is 18.4 Å². The molecule has 0 heterocycles. The van der Waals surface area contributed by atoms with Gasteiger partial charge in [0, 0.05) is 42.7 Å². The van der Waals surface area contributed by atoms with E-state index in [4.69, 9.17) is 5.11 Å². The third-order valence-electron chi connectivity index (χ3n) is 5.37. The third-order valence-corrected chi connectivity index (χ3v) is 6.81. The van der Waals surface area contributed by atoms with E-state index in [2.05, 4.69) is 4.72 Å². The van der Waals surface area contributed by atoms with Crippen LogP contribution in [0.2, 0.25) is 0 Å². The molecule has 3 rings (SSSR count). The number of nitrogens with zero attached hydrogens (tertiary/aromatic N) is 1. The number of benzene rings is 3. The fourth-order valence-electron chi connectivity index (χ4n) is 3.70. The Kier molecular flexibility index (Phi) is 7.23. The molecular formula is C24H26N2O6S. The Labute approximate surface area is 192 Å². The van der Waals surface area contributed by atoms with E-state index >= 15 is 0 Å². The quantitative estimate of drug-likeness (QED) is 0.411. The van der Waals surface area contributed by atoms with Crippen molar-refractivity contribution in [1.29, 1.82) is 0 Å². The van der Waals surface area contributed by atoms with Gasteiger partial charge in [0.05, 0.1) is 10.8 Å². The Morgan fingerprint density at radius 1 is 0.939 bits per heavy atom. The SMILES string of the molecule is CN(C)c1cccc2c(S(=O)(=O)Nc3ccc(CC(CCC(=O)O)C(=O)O)cc3)cccc12. The molecule has 0 amide bonds. The molecule has 0 aliphatic heterocycles. The molecule has 1 atom stereocenters. The van der Waals surface area contributed by atoms with Crippen molar-refractivity contribution in [3.63, 3.8) is 0 Å². The van der Waals surface area contributed by atoms with Gasteiger partial charge in [0.25, 0.3) is 10.0 Å². The summed E-state index contributed by atoms with van der Waals surface area (Å²) >= 11 is 0. The van der Waals surface area contributed by atoms with Crippen LogP contribution in [0, 0.1) is 5.92 Å². The summed E-state index contributed by atoms with van der Waals surface area (Å²) in [5, 5.41) is 19.6. The fourth-order valence-corrected chi connectivity index (χ4v) is 4.98. The minimum Gasteiger partial charge on any atom is -0.481 e. The molecule has 0 spiro atoms. The summed E-state index contributed by atoms with van der Waals surface area (Å²) in [5.74, 6) is -2.93. The highest BCUT2D eigenvalue weighted by Crippen LogP contribution is 2.31. The van der Waals surface area contributed by atoms with Gasteiger partial charge in [-0.15, -0.1) is 0 Å². The van der Waals surface area contributed by atoms with Crippen LogP contribution in [0.5, 0.6) is 0 Å². The minimum atomic E-state index is -3.88. The standard InChI is InChI=1S/C24H26N2O6S/c1-26(2)21-7-3-6-20-19(21)5-4-8-22(20)33(31,32)25-18-12-9-16(10-13-18)15-17(24(29)30)11-14-23(27)28/h3-10,12-13,17,25H,11,14-15H2,1-2H3,(H,27,28)(H,29,30). The van der Waals surface area contributed by atoms with Gasteiger partial charge in [-0.3, -0.25) is 14.3 Å². The van der Waals surface area contributed by atoms with E-state index in [1.54, 1.807) is 42.5 Å². The first-order chi connectivity index (χ1) is 15.6. The van der Waals surface area contributed by atoms with Crippen molar-refractivity contribution in [3.05, 3.63) is 66.2 Å². The van der Waals surface area contributed by atoms with Crippen LogP contribution in [-0.2, 0) is 26.0 Å². The van der Waals surface area contributed by atoms with Crippen LogP contribution in [0.3, 0.4) is 0 Å². The van der Waals surface area contributed by atoms with Gasteiger partial charge in [-0.05, 0) is 42.7 Å². The van der Waals surface area contributed by atoms with Crippen LogP contribution in [0.4, 0.5) is 11.4 Å². The number of carboxylic acid groups (broad SMARTS) is 2. The number of nitrogens with one attached hydrogen (secondary N) is 1. The lowest BCUT2D eigenvalue weighted by molar-refractivity contribution is -0.142. The van der Waals surface area contributed by atoms with E-state index in [9.17, 15) is 23.1 Å². The van der Waals surface area contributed by atoms with Gasteiger partial charge in [-0.1, -0.05) is 36.4 Å². The summed E-state index contributed by atoms with van der Waals surface area (Å²) in [5.41, 5.74) is 1.93. The molecule has 8 nitrogen and oxygen atoms in total. The predicted molar refractivity (Wildman–Crippen MR) is 127 cm³/mol. The van der Waals surface area contributed by atoms with Crippen LogP contribution >= 0.6 is 0 Å². The molecular weight excluding hydrogens is 444 g/mol. The lowest BCUT2D eigenvalue weighted by Crippen LogP contribution is -2.18. The normalized spacial score (nSPS) is 12.3. The molecule has 0 fully saturated rings. The Hall–Kier alpha value is -3.59. The summed E-state index contributed by atoms with van der Waals surface area (Å²) in [6, 6.07) is 17.1. The molecule has 1 unspecified atom stereocenters. The van der Waals surface area contributed by atoms with E-state index in [0.29, 0.717) is 16.6 Å². The van der Waals surface area contributed by atoms with Crippen LogP contribution < -0.4 is 9.62 Å². The highest BCUT2D eigenvalue weighted by molar-refractivity contribution is 7.93. The van der Waals surface area contributed by atoms with E-state index in [0.717, 1.165) is 11.1 Å². The molecule has 0 aliphatic carbocycles. The van der Waals surface area contributed by atoms with Crippen molar-refractivity contribution in [2.24, 2.45) is 5.92 Å². The maximum Gasteiger partial charge on any atom is 0.306 e. The van der Waals surface area contributed by atoms with Gasteiger partial charge < -0.3 is 15.1 Å². The van der Waals surface area contributed by atoms with Gasteiger partial charge in [-0.25, -0.2) is 8.42 Å². The van der Waals surface area contributed by atoms with Crippen LogP contribution in [0.15, 0.2) is 65.6 Å².